The molecule has 5 heteroatoms. The monoisotopic (exact) mass is 231 g/mol. The van der Waals surface area contributed by atoms with Crippen LogP contribution in [0.15, 0.2) is 0 Å². The molecule has 0 saturated heterocycles. The van der Waals surface area contributed by atoms with E-state index in [0.717, 1.165) is 17.1 Å². The average Bonchev–Trinajstić information content (AvgIpc) is 2.48. The lowest BCUT2D eigenvalue weighted by Crippen LogP contribution is -2.00. The summed E-state index contributed by atoms with van der Waals surface area (Å²) in [6.45, 7) is 2.98. The highest BCUT2D eigenvalue weighted by atomic mass is 32.2. The van der Waals surface area contributed by atoms with E-state index in [2.05, 4.69) is 21.0 Å². The third-order valence-electron chi connectivity index (χ3n) is 2.18. The van der Waals surface area contributed by atoms with Crippen molar-refractivity contribution in [2.75, 3.05) is 12.0 Å². The number of unbranched alkanes of at least 4 members (excludes halogenated alkanes) is 2. The summed E-state index contributed by atoms with van der Waals surface area (Å²) >= 11 is 7.02. The third-order valence-corrected chi connectivity index (χ3v) is 3.19. The molecule has 0 saturated carbocycles. The molecule has 1 heterocycles. The molecule has 0 spiro atoms. The number of aryl methyl sites for hydroxylation is 1. The van der Waals surface area contributed by atoms with Crippen LogP contribution in [0.1, 0.15) is 25.1 Å². The second kappa shape index (κ2) is 6.24. The van der Waals surface area contributed by atoms with Crippen LogP contribution >= 0.6 is 24.0 Å². The van der Waals surface area contributed by atoms with Gasteiger partial charge in [0.15, 0.2) is 4.77 Å². The predicted octanol–water partition coefficient (Wildman–Crippen LogP) is 2.78. The van der Waals surface area contributed by atoms with Crippen LogP contribution in [0.4, 0.5) is 0 Å². The number of aromatic nitrogens is 3. The van der Waals surface area contributed by atoms with Crippen molar-refractivity contribution in [1.82, 2.24) is 14.8 Å². The Morgan fingerprint density at radius 1 is 1.43 bits per heavy atom. The zero-order valence-corrected chi connectivity index (χ0v) is 10.4. The van der Waals surface area contributed by atoms with Gasteiger partial charge in [-0.15, -0.1) is 0 Å². The Balaban J connectivity index is 2.28. The SMILES string of the molecule is CSCCCCCn1c(C)n[nH]c1=S. The number of H-pyrrole nitrogens is 1. The van der Waals surface area contributed by atoms with E-state index in [9.17, 15) is 0 Å². The van der Waals surface area contributed by atoms with Gasteiger partial charge >= 0.3 is 0 Å². The van der Waals surface area contributed by atoms with E-state index >= 15 is 0 Å². The fourth-order valence-electron chi connectivity index (χ4n) is 1.35. The number of aromatic amines is 1. The molecule has 80 valence electrons. The maximum absolute atomic E-state index is 5.11. The highest BCUT2D eigenvalue weighted by molar-refractivity contribution is 7.98. The van der Waals surface area contributed by atoms with Gasteiger partial charge in [-0.05, 0) is 44.0 Å². The third kappa shape index (κ3) is 3.46. The highest BCUT2D eigenvalue weighted by Gasteiger charge is 1.99. The lowest BCUT2D eigenvalue weighted by molar-refractivity contribution is 0.587. The fraction of sp³-hybridized carbons (Fsp3) is 0.778. The average molecular weight is 231 g/mol. The van der Waals surface area contributed by atoms with Crippen molar-refractivity contribution >= 4 is 24.0 Å². The first-order chi connectivity index (χ1) is 6.75. The quantitative estimate of drug-likeness (QED) is 0.604. The summed E-state index contributed by atoms with van der Waals surface area (Å²) in [4.78, 5) is 0. The van der Waals surface area contributed by atoms with Crippen molar-refractivity contribution in [2.45, 2.75) is 32.7 Å². The number of thioether (sulfide) groups is 1. The molecule has 1 aromatic rings. The Morgan fingerprint density at radius 2 is 2.21 bits per heavy atom. The number of rotatable bonds is 6. The lowest BCUT2D eigenvalue weighted by atomic mass is 10.2. The molecule has 1 rings (SSSR count). The van der Waals surface area contributed by atoms with Crippen LogP contribution in [0.5, 0.6) is 0 Å². The molecule has 0 amide bonds. The summed E-state index contributed by atoms with van der Waals surface area (Å²) in [5.41, 5.74) is 0. The maximum atomic E-state index is 5.11. The van der Waals surface area contributed by atoms with E-state index < -0.39 is 0 Å². The minimum absolute atomic E-state index is 0.743. The van der Waals surface area contributed by atoms with E-state index in [-0.39, 0.29) is 0 Å². The summed E-state index contributed by atoms with van der Waals surface area (Å²) in [7, 11) is 0. The normalized spacial score (nSPS) is 10.7. The molecular formula is C9H17N3S2. The number of nitrogens with zero attached hydrogens (tertiary/aromatic N) is 2. The first-order valence-electron chi connectivity index (χ1n) is 4.86. The molecule has 0 aliphatic rings. The minimum atomic E-state index is 0.743. The summed E-state index contributed by atoms with van der Waals surface area (Å²) in [6, 6.07) is 0. The molecule has 0 aliphatic heterocycles. The van der Waals surface area contributed by atoms with Gasteiger partial charge in [0, 0.05) is 6.54 Å². The van der Waals surface area contributed by atoms with Crippen molar-refractivity contribution in [3.8, 4) is 0 Å². The van der Waals surface area contributed by atoms with Gasteiger partial charge in [-0.2, -0.15) is 16.9 Å². The van der Waals surface area contributed by atoms with E-state index in [0.29, 0.717) is 0 Å². The number of hydrogen-bond acceptors (Lipinski definition) is 3. The number of nitrogens with one attached hydrogen (secondary N) is 1. The summed E-state index contributed by atoms with van der Waals surface area (Å²) < 4.78 is 2.81. The Hall–Kier alpha value is -0.290. The van der Waals surface area contributed by atoms with E-state index in [4.69, 9.17) is 12.2 Å². The van der Waals surface area contributed by atoms with Crippen LogP contribution in [0.3, 0.4) is 0 Å². The van der Waals surface area contributed by atoms with Gasteiger partial charge < -0.3 is 4.57 Å². The molecule has 0 atom stereocenters. The van der Waals surface area contributed by atoms with Crippen molar-refractivity contribution in [3.05, 3.63) is 10.6 Å². The summed E-state index contributed by atoms with van der Waals surface area (Å²) in [5.74, 6) is 2.25. The van der Waals surface area contributed by atoms with Crippen LogP contribution in [-0.4, -0.2) is 26.8 Å². The van der Waals surface area contributed by atoms with Crippen molar-refractivity contribution in [3.63, 3.8) is 0 Å². The van der Waals surface area contributed by atoms with E-state index in [1.54, 1.807) is 0 Å². The van der Waals surface area contributed by atoms with Crippen LogP contribution in [0.2, 0.25) is 0 Å². The Bertz CT molecular complexity index is 316. The highest BCUT2D eigenvalue weighted by Crippen LogP contribution is 2.05. The Kier molecular flexibility index (Phi) is 5.25. The molecule has 3 nitrogen and oxygen atoms in total. The standard InChI is InChI=1S/C9H17N3S2/c1-8-10-11-9(13)12(8)6-4-3-5-7-14-2/h3-7H2,1-2H3,(H,11,13). The maximum Gasteiger partial charge on any atom is 0.195 e. The van der Waals surface area contributed by atoms with Crippen LogP contribution in [0.25, 0.3) is 0 Å². The second-order valence-electron chi connectivity index (χ2n) is 3.28. The zero-order valence-electron chi connectivity index (χ0n) is 8.75. The van der Waals surface area contributed by atoms with Crippen LogP contribution in [0, 0.1) is 11.7 Å². The molecular weight excluding hydrogens is 214 g/mol. The van der Waals surface area contributed by atoms with E-state index in [1.807, 2.05) is 18.7 Å². The fourth-order valence-corrected chi connectivity index (χ4v) is 2.11. The molecule has 0 aliphatic carbocycles. The number of hydrogen-bond donors (Lipinski definition) is 1. The lowest BCUT2D eigenvalue weighted by Gasteiger charge is -2.03. The largest absolute Gasteiger partial charge is 0.304 e. The van der Waals surface area contributed by atoms with Gasteiger partial charge in [0.2, 0.25) is 0 Å². The van der Waals surface area contributed by atoms with Gasteiger partial charge in [-0.1, -0.05) is 6.42 Å². The Morgan fingerprint density at radius 3 is 2.79 bits per heavy atom. The molecule has 1 N–H and O–H groups in total. The van der Waals surface area contributed by atoms with E-state index in [1.165, 1.54) is 25.0 Å². The Labute approximate surface area is 94.3 Å². The smallest absolute Gasteiger partial charge is 0.195 e. The molecule has 1 aromatic heterocycles. The van der Waals surface area contributed by atoms with Crippen LogP contribution in [-0.2, 0) is 6.54 Å². The van der Waals surface area contributed by atoms with Gasteiger partial charge in [0.05, 0.1) is 0 Å². The van der Waals surface area contributed by atoms with Crippen molar-refractivity contribution < 1.29 is 0 Å². The summed E-state index contributed by atoms with van der Waals surface area (Å²) in [6.07, 6.45) is 5.91. The zero-order chi connectivity index (χ0) is 10.4. The minimum Gasteiger partial charge on any atom is -0.304 e. The molecule has 0 unspecified atom stereocenters. The topological polar surface area (TPSA) is 33.6 Å². The molecule has 14 heavy (non-hydrogen) atoms. The molecule has 0 bridgehead atoms. The second-order valence-corrected chi connectivity index (χ2v) is 4.65. The predicted molar refractivity (Wildman–Crippen MR) is 64.4 cm³/mol. The van der Waals surface area contributed by atoms with Crippen molar-refractivity contribution in [2.24, 2.45) is 0 Å². The van der Waals surface area contributed by atoms with Gasteiger partial charge in [-0.3, -0.25) is 5.10 Å². The van der Waals surface area contributed by atoms with Crippen LogP contribution < -0.4 is 0 Å². The van der Waals surface area contributed by atoms with Crippen molar-refractivity contribution in [1.29, 1.82) is 0 Å². The van der Waals surface area contributed by atoms with Gasteiger partial charge in [-0.25, -0.2) is 0 Å². The van der Waals surface area contributed by atoms with Gasteiger partial charge in [0.25, 0.3) is 0 Å². The molecule has 0 aromatic carbocycles. The summed E-state index contributed by atoms with van der Waals surface area (Å²) in [5, 5.41) is 6.87. The first-order valence-corrected chi connectivity index (χ1v) is 6.66. The molecule has 0 radical (unpaired) electrons. The first kappa shape index (κ1) is 11.8. The molecule has 0 fully saturated rings. The van der Waals surface area contributed by atoms with Gasteiger partial charge in [0.1, 0.15) is 5.82 Å².